The van der Waals surface area contributed by atoms with Crippen LogP contribution >= 0.6 is 0 Å². The Morgan fingerprint density at radius 2 is 1.83 bits per heavy atom. The van der Waals surface area contributed by atoms with Crippen molar-refractivity contribution in [3.05, 3.63) is 51.0 Å². The second-order valence-electron chi connectivity index (χ2n) is 9.47. The number of benzene rings is 1. The van der Waals surface area contributed by atoms with Gasteiger partial charge in [0.15, 0.2) is 0 Å². The van der Waals surface area contributed by atoms with E-state index in [9.17, 15) is 9.18 Å². The smallest absolute Gasteiger partial charge is 0.252 e. The van der Waals surface area contributed by atoms with E-state index in [1.807, 2.05) is 32.6 Å². The van der Waals surface area contributed by atoms with Gasteiger partial charge in [0.05, 0.1) is 23.9 Å². The number of halogens is 1. The number of rotatable bonds is 2. The molecule has 2 unspecified atom stereocenters. The fourth-order valence-corrected chi connectivity index (χ4v) is 5.41. The third-order valence-corrected chi connectivity index (χ3v) is 6.94. The Labute approximate surface area is 216 Å². The van der Waals surface area contributed by atoms with Crippen LogP contribution < -0.4 is 0 Å². The summed E-state index contributed by atoms with van der Waals surface area (Å²) in [6, 6.07) is 1.54. The summed E-state index contributed by atoms with van der Waals surface area (Å²) in [4.78, 5) is 28.8. The van der Waals surface area contributed by atoms with E-state index in [1.165, 1.54) is 24.5 Å². The Hall–Kier alpha value is -2.60. The molecule has 36 heavy (non-hydrogen) atoms. The highest BCUT2D eigenvalue weighted by Crippen LogP contribution is 2.48. The van der Waals surface area contributed by atoms with Crippen LogP contribution in [0.5, 0.6) is 0 Å². The lowest BCUT2D eigenvalue weighted by Crippen LogP contribution is -2.36. The first-order valence-corrected chi connectivity index (χ1v) is 13.3. The van der Waals surface area contributed by atoms with E-state index in [2.05, 4.69) is 20.8 Å². The monoisotopic (exact) mass is 498 g/mol. The van der Waals surface area contributed by atoms with Crippen LogP contribution in [0.2, 0.25) is 0 Å². The van der Waals surface area contributed by atoms with Gasteiger partial charge in [0.1, 0.15) is 12.1 Å². The molecule has 6 heteroatoms. The number of carbonyl (C=O) groups excluding carboxylic acids is 2. The number of aryl methyl sites for hydroxylation is 1. The van der Waals surface area contributed by atoms with Crippen LogP contribution in [0.15, 0.2) is 17.2 Å². The lowest BCUT2D eigenvalue weighted by molar-refractivity contribution is -0.131. The van der Waals surface area contributed by atoms with Crippen molar-refractivity contribution in [3.8, 4) is 0 Å². The van der Waals surface area contributed by atoms with Crippen LogP contribution in [0, 0.1) is 12.7 Å². The largest absolute Gasteiger partial charge is 0.380 e. The van der Waals surface area contributed by atoms with Gasteiger partial charge >= 0.3 is 0 Å². The molecule has 1 aromatic carbocycles. The minimum absolute atomic E-state index is 0.0503. The highest BCUT2D eigenvalue weighted by atomic mass is 19.1. The van der Waals surface area contributed by atoms with Crippen LogP contribution in [0.4, 0.5) is 4.39 Å². The van der Waals surface area contributed by atoms with Crippen molar-refractivity contribution < 1.29 is 18.7 Å². The normalized spacial score (nSPS) is 19.3. The molecule has 1 amide bonds. The molecule has 1 aromatic heterocycles. The number of aromatic nitrogens is 1. The predicted molar refractivity (Wildman–Crippen MR) is 145 cm³/mol. The maximum Gasteiger partial charge on any atom is 0.252 e. The highest BCUT2D eigenvalue weighted by Gasteiger charge is 2.43. The van der Waals surface area contributed by atoms with Crippen LogP contribution in [0.1, 0.15) is 108 Å². The molecule has 3 aliphatic rings. The van der Waals surface area contributed by atoms with Crippen molar-refractivity contribution in [3.63, 3.8) is 0 Å². The molecule has 0 radical (unpaired) electrons. The molecular weight excluding hydrogens is 455 g/mol. The van der Waals surface area contributed by atoms with Gasteiger partial charge < -0.3 is 14.4 Å². The van der Waals surface area contributed by atoms with E-state index >= 15 is 0 Å². The summed E-state index contributed by atoms with van der Waals surface area (Å²) in [5.74, 6) is 0.264. The number of aldehydes is 1. The first-order valence-electron chi connectivity index (χ1n) is 13.3. The zero-order valence-electron chi connectivity index (χ0n) is 23.5. The third-order valence-electron chi connectivity index (χ3n) is 6.94. The number of hydrogen-bond donors (Lipinski definition) is 0. The molecule has 0 bridgehead atoms. The third kappa shape index (κ3) is 5.39. The lowest BCUT2D eigenvalue weighted by Gasteiger charge is -2.31. The van der Waals surface area contributed by atoms with Gasteiger partial charge in [-0.15, -0.1) is 0 Å². The SMILES string of the molecule is CC.CC=O.CCC.COCC1=C(C)CC2c3nc4cc(F)c(C)c5c4c(c3CN2C1=O)C(C)CC5. The number of carbonyl (C=O) groups is 2. The molecule has 0 saturated carbocycles. The van der Waals surface area contributed by atoms with Crippen molar-refractivity contribution in [1.29, 1.82) is 0 Å². The summed E-state index contributed by atoms with van der Waals surface area (Å²) >= 11 is 0. The van der Waals surface area contributed by atoms with Crippen molar-refractivity contribution in [2.45, 2.75) is 99.6 Å². The summed E-state index contributed by atoms with van der Waals surface area (Å²) in [5.41, 5.74) is 7.87. The number of hydrogen-bond acceptors (Lipinski definition) is 4. The van der Waals surface area contributed by atoms with E-state index < -0.39 is 0 Å². The number of nitrogens with zero attached hydrogens (tertiary/aromatic N) is 2. The first kappa shape index (κ1) is 29.6. The second kappa shape index (κ2) is 13.1. The molecular formula is C30H43FN2O3. The molecule has 0 spiro atoms. The number of methoxy groups -OCH3 is 1. The van der Waals surface area contributed by atoms with Crippen LogP contribution in [-0.2, 0) is 27.3 Å². The molecule has 0 fully saturated rings. The Bertz CT molecular complexity index is 1140. The maximum absolute atomic E-state index is 14.6. The summed E-state index contributed by atoms with van der Waals surface area (Å²) in [6.45, 7) is 16.8. The van der Waals surface area contributed by atoms with Gasteiger partial charge in [-0.2, -0.15) is 0 Å². The Kier molecular flexibility index (Phi) is 10.8. The lowest BCUT2D eigenvalue weighted by atomic mass is 9.79. The van der Waals surface area contributed by atoms with Gasteiger partial charge in [-0.3, -0.25) is 9.78 Å². The summed E-state index contributed by atoms with van der Waals surface area (Å²) in [7, 11) is 1.62. The summed E-state index contributed by atoms with van der Waals surface area (Å²) in [5, 5.41) is 1.13. The average Bonchev–Trinajstić information content (AvgIpc) is 3.21. The van der Waals surface area contributed by atoms with Crippen molar-refractivity contribution >= 4 is 23.1 Å². The first-order chi connectivity index (χ1) is 17.2. The number of pyridine rings is 1. The van der Waals surface area contributed by atoms with Gasteiger partial charge in [-0.05, 0) is 68.2 Å². The van der Waals surface area contributed by atoms with Crippen LogP contribution in [-0.4, -0.2) is 35.8 Å². The predicted octanol–water partition coefficient (Wildman–Crippen LogP) is 7.13. The zero-order chi connectivity index (χ0) is 27.2. The van der Waals surface area contributed by atoms with E-state index in [0.717, 1.165) is 64.4 Å². The number of ether oxygens (including phenoxy) is 1. The molecule has 2 aromatic rings. The van der Waals surface area contributed by atoms with Crippen LogP contribution in [0.25, 0.3) is 10.9 Å². The van der Waals surface area contributed by atoms with E-state index in [1.54, 1.807) is 13.2 Å². The summed E-state index contributed by atoms with van der Waals surface area (Å²) < 4.78 is 19.8. The Morgan fingerprint density at radius 3 is 2.42 bits per heavy atom. The van der Waals surface area contributed by atoms with Crippen LogP contribution in [0.3, 0.4) is 0 Å². The quantitative estimate of drug-likeness (QED) is 0.413. The van der Waals surface area contributed by atoms with E-state index in [-0.39, 0.29) is 17.8 Å². The topological polar surface area (TPSA) is 59.5 Å². The van der Waals surface area contributed by atoms with Gasteiger partial charge in [-0.25, -0.2) is 4.39 Å². The minimum atomic E-state index is -0.177. The molecule has 0 N–H and O–H groups in total. The molecule has 0 saturated heterocycles. The Balaban J connectivity index is 0.000000512. The molecule has 2 aliphatic heterocycles. The molecule has 5 rings (SSSR count). The fourth-order valence-electron chi connectivity index (χ4n) is 5.41. The van der Waals surface area contributed by atoms with Gasteiger partial charge in [0, 0.05) is 30.7 Å². The van der Waals surface area contributed by atoms with Crippen molar-refractivity contribution in [2.75, 3.05) is 13.7 Å². The minimum Gasteiger partial charge on any atom is -0.380 e. The van der Waals surface area contributed by atoms with Gasteiger partial charge in [0.25, 0.3) is 5.91 Å². The average molecular weight is 499 g/mol. The fraction of sp³-hybridized carbons (Fsp3) is 0.567. The second-order valence-corrected chi connectivity index (χ2v) is 9.47. The van der Waals surface area contributed by atoms with Gasteiger partial charge in [-0.1, -0.05) is 46.6 Å². The standard InChI is InChI=1S/C23H25FN2O2.C3H8.C2H4O.C2H6/c1-11-5-6-14-13(3)17(24)8-18-21(14)20(11)15-9-26-19(22(15)25-18)7-12(2)16(10-28-4)23(26)27;1-3-2;1-2-3;1-2/h8,11,19H,5-7,9-10H2,1-4H3;3H2,1-2H3;2H,1H3;1-2H3. The van der Waals surface area contributed by atoms with Crippen molar-refractivity contribution in [1.82, 2.24) is 9.88 Å². The highest BCUT2D eigenvalue weighted by molar-refractivity contribution is 5.97. The maximum atomic E-state index is 14.6. The number of amides is 1. The van der Waals surface area contributed by atoms with Gasteiger partial charge in [0.2, 0.25) is 0 Å². The molecule has 198 valence electrons. The molecule has 1 aliphatic carbocycles. The van der Waals surface area contributed by atoms with Crippen molar-refractivity contribution in [2.24, 2.45) is 0 Å². The van der Waals surface area contributed by atoms with E-state index in [4.69, 9.17) is 14.5 Å². The van der Waals surface area contributed by atoms with E-state index in [0.29, 0.717) is 19.1 Å². The summed E-state index contributed by atoms with van der Waals surface area (Å²) in [6.07, 6.45) is 4.66. The molecule has 3 heterocycles. The Morgan fingerprint density at radius 1 is 1.22 bits per heavy atom. The molecule has 2 atom stereocenters. The number of fused-ring (bicyclic) bond motifs is 4. The zero-order valence-corrected chi connectivity index (χ0v) is 23.5. The molecule has 5 nitrogen and oxygen atoms in total.